The van der Waals surface area contributed by atoms with Crippen LogP contribution in [-0.2, 0) is 0 Å². The molecule has 0 spiro atoms. The predicted molar refractivity (Wildman–Crippen MR) is 98.7 cm³/mol. The van der Waals surface area contributed by atoms with Crippen LogP contribution in [0.2, 0.25) is 0 Å². The van der Waals surface area contributed by atoms with E-state index in [0.717, 1.165) is 31.4 Å². The van der Waals surface area contributed by atoms with Crippen molar-refractivity contribution in [2.75, 3.05) is 0 Å². The number of hydrogen-bond donors (Lipinski definition) is 0. The molecule has 0 saturated heterocycles. The molecule has 6 heteroatoms. The van der Waals surface area contributed by atoms with E-state index in [0.29, 0.717) is 17.5 Å². The summed E-state index contributed by atoms with van der Waals surface area (Å²) in [5.41, 5.74) is 0.921. The lowest BCUT2D eigenvalue weighted by Crippen LogP contribution is -2.16. The highest BCUT2D eigenvalue weighted by Crippen LogP contribution is 2.22. The Balaban J connectivity index is 2.06. The SMILES string of the molecule is CCCCCC(F)=Cc1ccc(C#Cc2ccc(OC(F)(F)F)cc2)c(F)c1. The zero-order chi connectivity index (χ0) is 20.6. The maximum absolute atomic E-state index is 14.2. The molecule has 0 saturated carbocycles. The van der Waals surface area contributed by atoms with Crippen molar-refractivity contribution in [3.8, 4) is 17.6 Å². The van der Waals surface area contributed by atoms with Gasteiger partial charge >= 0.3 is 6.36 Å². The molecule has 0 radical (unpaired) electrons. The molecular formula is C22H19F5O. The van der Waals surface area contributed by atoms with Crippen molar-refractivity contribution in [2.24, 2.45) is 0 Å². The maximum Gasteiger partial charge on any atom is 0.573 e. The number of benzene rings is 2. The number of unbranched alkanes of at least 4 members (excludes halogenated alkanes) is 2. The summed E-state index contributed by atoms with van der Waals surface area (Å²) in [4.78, 5) is 0. The average molecular weight is 394 g/mol. The van der Waals surface area contributed by atoms with Crippen LogP contribution in [0.15, 0.2) is 48.3 Å². The highest BCUT2D eigenvalue weighted by atomic mass is 19.4. The van der Waals surface area contributed by atoms with E-state index in [1.54, 1.807) is 6.07 Å². The molecule has 0 bridgehead atoms. The number of rotatable bonds is 6. The number of alkyl halides is 3. The molecule has 0 aliphatic rings. The second kappa shape index (κ2) is 9.93. The van der Waals surface area contributed by atoms with Gasteiger partial charge in [-0.1, -0.05) is 37.7 Å². The maximum atomic E-state index is 14.2. The third-order valence-corrected chi connectivity index (χ3v) is 3.76. The summed E-state index contributed by atoms with van der Waals surface area (Å²) >= 11 is 0. The first-order valence-corrected chi connectivity index (χ1v) is 8.80. The fourth-order valence-electron chi connectivity index (χ4n) is 2.40. The fourth-order valence-corrected chi connectivity index (χ4v) is 2.40. The molecule has 0 fully saturated rings. The van der Waals surface area contributed by atoms with E-state index in [-0.39, 0.29) is 17.1 Å². The van der Waals surface area contributed by atoms with E-state index in [1.165, 1.54) is 30.3 Å². The molecular weight excluding hydrogens is 375 g/mol. The fraction of sp³-hybridized carbons (Fsp3) is 0.273. The Morgan fingerprint density at radius 2 is 1.75 bits per heavy atom. The molecule has 28 heavy (non-hydrogen) atoms. The van der Waals surface area contributed by atoms with Crippen LogP contribution in [0.25, 0.3) is 6.08 Å². The van der Waals surface area contributed by atoms with E-state index in [1.807, 2.05) is 6.92 Å². The van der Waals surface area contributed by atoms with Crippen molar-refractivity contribution in [1.82, 2.24) is 0 Å². The second-order valence-electron chi connectivity index (χ2n) is 6.11. The topological polar surface area (TPSA) is 9.23 Å². The van der Waals surface area contributed by atoms with Crippen LogP contribution in [0.4, 0.5) is 22.0 Å². The summed E-state index contributed by atoms with van der Waals surface area (Å²) in [6, 6.07) is 9.14. The van der Waals surface area contributed by atoms with E-state index in [9.17, 15) is 22.0 Å². The molecule has 0 atom stereocenters. The van der Waals surface area contributed by atoms with Crippen LogP contribution in [0.1, 0.15) is 49.3 Å². The van der Waals surface area contributed by atoms with Gasteiger partial charge in [0.2, 0.25) is 0 Å². The molecule has 0 N–H and O–H groups in total. The molecule has 2 rings (SSSR count). The molecule has 0 aliphatic heterocycles. The van der Waals surface area contributed by atoms with Crippen LogP contribution in [0.5, 0.6) is 5.75 Å². The molecule has 148 valence electrons. The highest BCUT2D eigenvalue weighted by Gasteiger charge is 2.30. The van der Waals surface area contributed by atoms with Crippen molar-refractivity contribution in [1.29, 1.82) is 0 Å². The highest BCUT2D eigenvalue weighted by molar-refractivity contribution is 5.54. The Labute approximate surface area is 160 Å². The third-order valence-electron chi connectivity index (χ3n) is 3.76. The molecule has 0 amide bonds. The Hall–Kier alpha value is -2.81. The van der Waals surface area contributed by atoms with Gasteiger partial charge in [-0.2, -0.15) is 0 Å². The van der Waals surface area contributed by atoms with Crippen molar-refractivity contribution in [3.05, 3.63) is 70.8 Å². The lowest BCUT2D eigenvalue weighted by Gasteiger charge is -2.07. The van der Waals surface area contributed by atoms with Crippen LogP contribution in [0, 0.1) is 17.7 Å². The first-order valence-electron chi connectivity index (χ1n) is 8.80. The Morgan fingerprint density at radius 1 is 1.04 bits per heavy atom. The normalized spacial score (nSPS) is 11.7. The molecule has 0 aliphatic carbocycles. The van der Waals surface area contributed by atoms with Gasteiger partial charge in [0.1, 0.15) is 17.4 Å². The van der Waals surface area contributed by atoms with Gasteiger partial charge in [0.05, 0.1) is 5.56 Å². The lowest BCUT2D eigenvalue weighted by atomic mass is 10.1. The molecule has 2 aromatic rings. The largest absolute Gasteiger partial charge is 0.573 e. The number of hydrogen-bond acceptors (Lipinski definition) is 1. The first kappa shape index (κ1) is 21.5. The summed E-state index contributed by atoms with van der Waals surface area (Å²) in [5.74, 6) is 4.03. The standard InChI is InChI=1S/C22H19F5O/c1-2-3-4-5-19(23)14-17-7-11-18(21(24)15-17)10-6-16-8-12-20(13-9-16)28-22(25,26)27/h7-9,11-15H,2-5H2,1H3. The van der Waals surface area contributed by atoms with Crippen molar-refractivity contribution in [2.45, 2.75) is 39.0 Å². The molecule has 0 heterocycles. The minimum atomic E-state index is -4.76. The predicted octanol–water partition coefficient (Wildman–Crippen LogP) is 7.01. The van der Waals surface area contributed by atoms with Crippen LogP contribution in [0.3, 0.4) is 0 Å². The second-order valence-corrected chi connectivity index (χ2v) is 6.11. The van der Waals surface area contributed by atoms with Crippen LogP contribution in [-0.4, -0.2) is 6.36 Å². The average Bonchev–Trinajstić information content (AvgIpc) is 2.61. The molecule has 2 aromatic carbocycles. The summed E-state index contributed by atoms with van der Waals surface area (Å²) in [6.45, 7) is 2.03. The minimum absolute atomic E-state index is 0.110. The summed E-state index contributed by atoms with van der Waals surface area (Å²) < 4.78 is 68.1. The monoisotopic (exact) mass is 394 g/mol. The van der Waals surface area contributed by atoms with Gasteiger partial charge in [0.25, 0.3) is 0 Å². The van der Waals surface area contributed by atoms with E-state index in [4.69, 9.17) is 0 Å². The molecule has 0 unspecified atom stereocenters. The van der Waals surface area contributed by atoms with Crippen molar-refractivity contribution in [3.63, 3.8) is 0 Å². The van der Waals surface area contributed by atoms with Gasteiger partial charge in [0.15, 0.2) is 0 Å². The summed E-state index contributed by atoms with van der Waals surface area (Å²) in [7, 11) is 0. The number of halogens is 5. The molecule has 1 nitrogen and oxygen atoms in total. The quantitative estimate of drug-likeness (QED) is 0.291. The number of ether oxygens (including phenoxy) is 1. The Morgan fingerprint density at radius 3 is 2.36 bits per heavy atom. The van der Waals surface area contributed by atoms with Gasteiger partial charge in [0, 0.05) is 5.56 Å². The van der Waals surface area contributed by atoms with Crippen LogP contribution >= 0.6 is 0 Å². The van der Waals surface area contributed by atoms with Crippen molar-refractivity contribution >= 4 is 6.08 Å². The zero-order valence-electron chi connectivity index (χ0n) is 15.2. The van der Waals surface area contributed by atoms with Crippen LogP contribution < -0.4 is 4.74 Å². The van der Waals surface area contributed by atoms with Crippen molar-refractivity contribution < 1.29 is 26.7 Å². The summed E-state index contributed by atoms with van der Waals surface area (Å²) in [6.07, 6.45) is -0.457. The van der Waals surface area contributed by atoms with Gasteiger partial charge in [-0.05, 0) is 60.9 Å². The third kappa shape index (κ3) is 7.43. The van der Waals surface area contributed by atoms with E-state index < -0.39 is 12.2 Å². The smallest absolute Gasteiger partial charge is 0.406 e. The van der Waals surface area contributed by atoms with Gasteiger partial charge in [-0.3, -0.25) is 0 Å². The van der Waals surface area contributed by atoms with Gasteiger partial charge < -0.3 is 4.74 Å². The van der Waals surface area contributed by atoms with Gasteiger partial charge in [-0.25, -0.2) is 8.78 Å². The summed E-state index contributed by atoms with van der Waals surface area (Å²) in [5, 5.41) is 0. The lowest BCUT2D eigenvalue weighted by molar-refractivity contribution is -0.274. The Bertz CT molecular complexity index is 871. The van der Waals surface area contributed by atoms with Gasteiger partial charge in [-0.15, -0.1) is 13.2 Å². The first-order chi connectivity index (χ1) is 13.3. The minimum Gasteiger partial charge on any atom is -0.406 e. The van der Waals surface area contributed by atoms with E-state index in [2.05, 4.69) is 16.6 Å². The Kier molecular flexibility index (Phi) is 7.62. The zero-order valence-corrected chi connectivity index (χ0v) is 15.2. The molecule has 0 aromatic heterocycles. The number of allylic oxidation sites excluding steroid dienone is 1. The van der Waals surface area contributed by atoms with E-state index >= 15 is 0 Å².